The molecule has 3 saturated carbocycles. The Morgan fingerprint density at radius 3 is 2.07 bits per heavy atom. The quantitative estimate of drug-likeness (QED) is 0.458. The van der Waals surface area contributed by atoms with Gasteiger partial charge in [-0.3, -0.25) is 0 Å². The van der Waals surface area contributed by atoms with E-state index in [4.69, 9.17) is 0 Å². The molecule has 0 aliphatic heterocycles. The Hall–Kier alpha value is -0.300. The number of hydrogen-bond donors (Lipinski definition) is 1. The minimum atomic E-state index is -0.321. The van der Waals surface area contributed by atoms with E-state index in [0.29, 0.717) is 11.8 Å². The molecule has 0 saturated heterocycles. The van der Waals surface area contributed by atoms with E-state index in [1.54, 1.807) is 0 Å². The van der Waals surface area contributed by atoms with Crippen LogP contribution in [0.4, 0.5) is 0 Å². The van der Waals surface area contributed by atoms with Crippen molar-refractivity contribution in [3.05, 3.63) is 12.2 Å². The molecule has 4 bridgehead atoms. The summed E-state index contributed by atoms with van der Waals surface area (Å²) in [6.45, 7) is 2.10. The van der Waals surface area contributed by atoms with Gasteiger partial charge in [-0.05, 0) is 61.7 Å². The van der Waals surface area contributed by atoms with Crippen molar-refractivity contribution in [2.75, 3.05) is 0 Å². The third-order valence-corrected chi connectivity index (χ3v) is 5.80. The Kier molecular flexibility index (Phi) is 1.19. The van der Waals surface area contributed by atoms with E-state index < -0.39 is 0 Å². The van der Waals surface area contributed by atoms with Crippen LogP contribution in [0.5, 0.6) is 0 Å². The highest BCUT2D eigenvalue weighted by atomic mass is 16.3. The fourth-order valence-corrected chi connectivity index (χ4v) is 5.41. The number of fused-ring (bicyclic) bond motifs is 9. The van der Waals surface area contributed by atoms with Crippen molar-refractivity contribution in [1.82, 2.24) is 0 Å². The van der Waals surface area contributed by atoms with Crippen LogP contribution in [0.15, 0.2) is 12.2 Å². The molecule has 0 aromatic carbocycles. The third kappa shape index (κ3) is 0.641. The topological polar surface area (TPSA) is 20.2 Å². The summed E-state index contributed by atoms with van der Waals surface area (Å²) in [5.41, 5.74) is -0.321. The van der Waals surface area contributed by atoms with Gasteiger partial charge in [0.15, 0.2) is 0 Å². The minimum Gasteiger partial charge on any atom is -0.390 e. The van der Waals surface area contributed by atoms with E-state index in [1.165, 1.54) is 19.3 Å². The highest BCUT2D eigenvalue weighted by Crippen LogP contribution is 2.68. The molecule has 0 radical (unpaired) electrons. The van der Waals surface area contributed by atoms with E-state index in [-0.39, 0.29) is 5.60 Å². The van der Waals surface area contributed by atoms with Crippen molar-refractivity contribution in [3.8, 4) is 0 Å². The molecule has 4 aliphatic carbocycles. The van der Waals surface area contributed by atoms with Gasteiger partial charge in [0.1, 0.15) is 0 Å². The second-order valence-electron chi connectivity index (χ2n) is 6.12. The first-order valence-electron chi connectivity index (χ1n) is 6.10. The number of hydrogen-bond acceptors (Lipinski definition) is 1. The third-order valence-electron chi connectivity index (χ3n) is 5.80. The summed E-state index contributed by atoms with van der Waals surface area (Å²) in [5.74, 6) is 4.59. The van der Waals surface area contributed by atoms with Crippen molar-refractivity contribution in [2.24, 2.45) is 35.5 Å². The normalized spacial score (nSPS) is 67.9. The molecular formula is C13H18O. The molecule has 3 fully saturated rings. The molecule has 7 atom stereocenters. The summed E-state index contributed by atoms with van der Waals surface area (Å²) in [7, 11) is 0. The summed E-state index contributed by atoms with van der Waals surface area (Å²) < 4.78 is 0. The summed E-state index contributed by atoms with van der Waals surface area (Å²) in [6.07, 6.45) is 8.84. The summed E-state index contributed by atoms with van der Waals surface area (Å²) in [4.78, 5) is 0. The van der Waals surface area contributed by atoms with Gasteiger partial charge in [0.25, 0.3) is 0 Å². The van der Waals surface area contributed by atoms with E-state index >= 15 is 0 Å². The van der Waals surface area contributed by atoms with Crippen LogP contribution in [0.25, 0.3) is 0 Å². The van der Waals surface area contributed by atoms with Crippen molar-refractivity contribution in [3.63, 3.8) is 0 Å². The monoisotopic (exact) mass is 190 g/mol. The summed E-state index contributed by atoms with van der Waals surface area (Å²) in [5, 5.41) is 10.5. The van der Waals surface area contributed by atoms with Gasteiger partial charge in [-0.15, -0.1) is 0 Å². The fraction of sp³-hybridized carbons (Fsp3) is 0.846. The first-order chi connectivity index (χ1) is 6.69. The van der Waals surface area contributed by atoms with Gasteiger partial charge in [0, 0.05) is 0 Å². The molecule has 1 unspecified atom stereocenters. The van der Waals surface area contributed by atoms with Crippen LogP contribution in [0.3, 0.4) is 0 Å². The van der Waals surface area contributed by atoms with Gasteiger partial charge in [-0.2, -0.15) is 0 Å². The van der Waals surface area contributed by atoms with Crippen LogP contribution in [0.1, 0.15) is 26.2 Å². The Morgan fingerprint density at radius 1 is 1.07 bits per heavy atom. The first-order valence-corrected chi connectivity index (χ1v) is 6.10. The number of aliphatic hydroxyl groups is 1. The highest BCUT2D eigenvalue weighted by Gasteiger charge is 2.66. The maximum absolute atomic E-state index is 10.5. The molecule has 14 heavy (non-hydrogen) atoms. The van der Waals surface area contributed by atoms with Gasteiger partial charge in [0.05, 0.1) is 5.60 Å². The van der Waals surface area contributed by atoms with Crippen molar-refractivity contribution in [1.29, 1.82) is 0 Å². The standard InChI is InChI=1S/C13H18O/c1-13(14)9-4-5-10(13)12-8-3-2-7(6-8)11(9)12/h2-3,7-12,14H,4-6H2,1H3/t7-,8+,9+,10-,11+,12-,13?. The summed E-state index contributed by atoms with van der Waals surface area (Å²) in [6, 6.07) is 0. The Bertz CT molecular complexity index is 289. The maximum Gasteiger partial charge on any atom is 0.0681 e. The lowest BCUT2D eigenvalue weighted by Gasteiger charge is -2.30. The van der Waals surface area contributed by atoms with Crippen LogP contribution in [-0.2, 0) is 0 Å². The molecule has 4 rings (SSSR count). The lowest BCUT2D eigenvalue weighted by atomic mass is 9.73. The van der Waals surface area contributed by atoms with Crippen molar-refractivity contribution in [2.45, 2.75) is 31.8 Å². The molecule has 1 nitrogen and oxygen atoms in total. The second kappa shape index (κ2) is 2.11. The van der Waals surface area contributed by atoms with E-state index in [2.05, 4.69) is 19.1 Å². The van der Waals surface area contributed by atoms with Crippen LogP contribution in [-0.4, -0.2) is 10.7 Å². The largest absolute Gasteiger partial charge is 0.390 e. The van der Waals surface area contributed by atoms with Crippen LogP contribution in [0.2, 0.25) is 0 Å². The SMILES string of the molecule is CC1(O)[C@@H]2CC[C@H]1[C@H]1[C@@H]2[C@H]2C=C[C@@H]1C2. The molecule has 0 heterocycles. The molecule has 4 aliphatic rings. The Balaban J connectivity index is 1.83. The fourth-order valence-electron chi connectivity index (χ4n) is 5.41. The minimum absolute atomic E-state index is 0.321. The van der Waals surface area contributed by atoms with E-state index in [0.717, 1.165) is 23.7 Å². The Morgan fingerprint density at radius 2 is 1.57 bits per heavy atom. The predicted molar refractivity (Wildman–Crippen MR) is 54.6 cm³/mol. The second-order valence-corrected chi connectivity index (χ2v) is 6.12. The lowest BCUT2D eigenvalue weighted by molar-refractivity contribution is -0.000631. The van der Waals surface area contributed by atoms with Gasteiger partial charge in [-0.25, -0.2) is 0 Å². The molecule has 1 heteroatoms. The lowest BCUT2D eigenvalue weighted by Crippen LogP contribution is -2.32. The molecule has 0 amide bonds. The highest BCUT2D eigenvalue weighted by molar-refractivity contribution is 5.24. The zero-order chi connectivity index (χ0) is 9.50. The van der Waals surface area contributed by atoms with Crippen LogP contribution >= 0.6 is 0 Å². The average molecular weight is 190 g/mol. The predicted octanol–water partition coefficient (Wildman–Crippen LogP) is 2.22. The Labute approximate surface area is 85.2 Å². The van der Waals surface area contributed by atoms with Crippen LogP contribution in [0, 0.1) is 35.5 Å². The number of rotatable bonds is 0. The molecule has 76 valence electrons. The number of allylic oxidation sites excluding steroid dienone is 2. The molecule has 0 aromatic heterocycles. The van der Waals surface area contributed by atoms with Gasteiger partial charge >= 0.3 is 0 Å². The first kappa shape index (κ1) is 7.92. The summed E-state index contributed by atoms with van der Waals surface area (Å²) >= 11 is 0. The van der Waals surface area contributed by atoms with Gasteiger partial charge in [0.2, 0.25) is 0 Å². The molecule has 0 spiro atoms. The van der Waals surface area contributed by atoms with Gasteiger partial charge in [-0.1, -0.05) is 12.2 Å². The smallest absolute Gasteiger partial charge is 0.0681 e. The zero-order valence-corrected chi connectivity index (χ0v) is 8.69. The van der Waals surface area contributed by atoms with Gasteiger partial charge < -0.3 is 5.11 Å². The van der Waals surface area contributed by atoms with Crippen molar-refractivity contribution < 1.29 is 5.11 Å². The van der Waals surface area contributed by atoms with E-state index in [1.807, 2.05) is 0 Å². The van der Waals surface area contributed by atoms with Crippen molar-refractivity contribution >= 4 is 0 Å². The molecule has 0 aromatic rings. The average Bonchev–Trinajstić information content (AvgIpc) is 2.84. The van der Waals surface area contributed by atoms with Crippen LogP contribution < -0.4 is 0 Å². The maximum atomic E-state index is 10.5. The molecular weight excluding hydrogens is 172 g/mol. The molecule has 1 N–H and O–H groups in total. The van der Waals surface area contributed by atoms with E-state index in [9.17, 15) is 5.11 Å². The zero-order valence-electron chi connectivity index (χ0n) is 8.69.